The maximum Gasteiger partial charge on any atom is 0.244 e. The molecular formula is C34H43N3O3. The number of ether oxygens (including phenoxy) is 1. The molecule has 6 heteroatoms. The van der Waals surface area contributed by atoms with Crippen molar-refractivity contribution in [3.05, 3.63) is 88.5 Å². The van der Waals surface area contributed by atoms with Crippen LogP contribution in [-0.2, 0) is 21.0 Å². The summed E-state index contributed by atoms with van der Waals surface area (Å²) >= 11 is 0. The number of anilines is 1. The zero-order chi connectivity index (χ0) is 28.7. The third-order valence-corrected chi connectivity index (χ3v) is 8.31. The lowest BCUT2D eigenvalue weighted by Crippen LogP contribution is -2.45. The number of nitrogens with zero attached hydrogens (tertiary/aromatic N) is 1. The van der Waals surface area contributed by atoms with Crippen molar-refractivity contribution in [1.29, 1.82) is 0 Å². The molecule has 5 rings (SSSR count). The molecule has 0 radical (unpaired) electrons. The number of benzene rings is 3. The van der Waals surface area contributed by atoms with Gasteiger partial charge in [-0.25, -0.2) is 0 Å². The van der Waals surface area contributed by atoms with Crippen molar-refractivity contribution in [2.45, 2.75) is 57.8 Å². The Kier molecular flexibility index (Phi) is 7.45. The number of nitrogens with one attached hydrogen (secondary N) is 2. The Morgan fingerprint density at radius 3 is 2.15 bits per heavy atom. The zero-order valence-electron chi connectivity index (χ0n) is 24.7. The molecule has 2 aliphatic rings. The predicted octanol–water partition coefficient (Wildman–Crippen LogP) is 5.56. The predicted molar refractivity (Wildman–Crippen MR) is 162 cm³/mol. The Hall–Kier alpha value is -3.35. The summed E-state index contributed by atoms with van der Waals surface area (Å²) in [5.74, 6) is 0.566. The topological polar surface area (TPSA) is 73.8 Å². The van der Waals surface area contributed by atoms with E-state index in [-0.39, 0.29) is 22.5 Å². The minimum absolute atomic E-state index is 0.0905. The molecule has 3 aromatic rings. The van der Waals surface area contributed by atoms with Gasteiger partial charge in [0.05, 0.1) is 0 Å². The van der Waals surface area contributed by atoms with Crippen molar-refractivity contribution in [2.24, 2.45) is 0 Å². The summed E-state index contributed by atoms with van der Waals surface area (Å²) in [6.45, 7) is 18.2. The van der Waals surface area contributed by atoms with Crippen LogP contribution >= 0.6 is 0 Å². The number of phenols is 1. The minimum Gasteiger partial charge on any atom is -0.508 e. The summed E-state index contributed by atoms with van der Waals surface area (Å²) in [5, 5.41) is 18.0. The van der Waals surface area contributed by atoms with E-state index in [0.29, 0.717) is 17.9 Å². The van der Waals surface area contributed by atoms with Crippen LogP contribution in [0.5, 0.6) is 11.5 Å². The number of rotatable bonds is 6. The highest BCUT2D eigenvalue weighted by atomic mass is 16.5. The average Bonchev–Trinajstić information content (AvgIpc) is 3.20. The van der Waals surface area contributed by atoms with Gasteiger partial charge in [0.25, 0.3) is 0 Å². The summed E-state index contributed by atoms with van der Waals surface area (Å²) in [5.41, 5.74) is 3.43. The Morgan fingerprint density at radius 2 is 1.48 bits per heavy atom. The number of hydrogen-bond donors (Lipinski definition) is 3. The van der Waals surface area contributed by atoms with E-state index in [9.17, 15) is 9.90 Å². The largest absolute Gasteiger partial charge is 0.508 e. The van der Waals surface area contributed by atoms with E-state index in [1.54, 1.807) is 6.07 Å². The molecule has 6 nitrogen and oxygen atoms in total. The van der Waals surface area contributed by atoms with Gasteiger partial charge >= 0.3 is 0 Å². The van der Waals surface area contributed by atoms with Gasteiger partial charge < -0.3 is 20.5 Å². The van der Waals surface area contributed by atoms with E-state index in [4.69, 9.17) is 4.74 Å². The minimum atomic E-state index is -1.28. The van der Waals surface area contributed by atoms with Gasteiger partial charge in [-0.1, -0.05) is 71.9 Å². The molecule has 212 valence electrons. The van der Waals surface area contributed by atoms with E-state index in [1.807, 2.05) is 42.5 Å². The third-order valence-electron chi connectivity index (χ3n) is 8.31. The molecule has 0 spiro atoms. The highest BCUT2D eigenvalue weighted by molar-refractivity contribution is 6.12. The number of para-hydroxylation sites is 1. The van der Waals surface area contributed by atoms with Crippen LogP contribution in [0.25, 0.3) is 0 Å². The van der Waals surface area contributed by atoms with Crippen LogP contribution < -0.4 is 15.4 Å². The fourth-order valence-corrected chi connectivity index (χ4v) is 5.88. The Balaban J connectivity index is 1.73. The zero-order valence-corrected chi connectivity index (χ0v) is 24.7. The first-order chi connectivity index (χ1) is 18.9. The Morgan fingerprint density at radius 1 is 0.850 bits per heavy atom. The molecule has 1 amide bonds. The molecule has 2 heterocycles. The molecule has 40 heavy (non-hydrogen) atoms. The van der Waals surface area contributed by atoms with Crippen LogP contribution in [0.1, 0.15) is 69.4 Å². The molecule has 3 N–H and O–H groups in total. The quantitative estimate of drug-likeness (QED) is 0.381. The van der Waals surface area contributed by atoms with Crippen molar-refractivity contribution >= 4 is 11.6 Å². The highest BCUT2D eigenvalue weighted by Crippen LogP contribution is 2.53. The van der Waals surface area contributed by atoms with Gasteiger partial charge in [-0.05, 0) is 52.3 Å². The SMILES string of the molecule is CC(C)(C)c1ccc(O)c(C2(c3cc(C(C)(C)C)ccc3OCCN3CCNCC3)C(=O)Nc3ccccc32)c1. The smallest absolute Gasteiger partial charge is 0.244 e. The first kappa shape index (κ1) is 28.2. The Bertz CT molecular complexity index is 1400. The van der Waals surface area contributed by atoms with Crippen molar-refractivity contribution in [3.63, 3.8) is 0 Å². The summed E-state index contributed by atoms with van der Waals surface area (Å²) in [6, 6.07) is 19.7. The third kappa shape index (κ3) is 5.11. The van der Waals surface area contributed by atoms with E-state index >= 15 is 0 Å². The van der Waals surface area contributed by atoms with Crippen LogP contribution in [0, 0.1) is 0 Å². The first-order valence-corrected chi connectivity index (χ1v) is 14.4. The van der Waals surface area contributed by atoms with E-state index in [2.05, 4.69) is 69.2 Å². The lowest BCUT2D eigenvalue weighted by molar-refractivity contribution is -0.118. The molecule has 3 aromatic carbocycles. The molecule has 1 atom stereocenters. The Labute approximate surface area is 238 Å². The maximum absolute atomic E-state index is 14.4. The van der Waals surface area contributed by atoms with Crippen LogP contribution in [0.2, 0.25) is 0 Å². The van der Waals surface area contributed by atoms with Crippen molar-refractivity contribution in [1.82, 2.24) is 10.2 Å². The van der Waals surface area contributed by atoms with Gasteiger partial charge in [0.2, 0.25) is 5.91 Å². The van der Waals surface area contributed by atoms with E-state index in [1.165, 1.54) is 0 Å². The number of phenolic OH excluding ortho intramolecular Hbond substituents is 1. The van der Waals surface area contributed by atoms with Crippen LogP contribution in [-0.4, -0.2) is 55.2 Å². The second-order valence-electron chi connectivity index (χ2n) is 13.1. The fourth-order valence-electron chi connectivity index (χ4n) is 5.88. The van der Waals surface area contributed by atoms with Crippen molar-refractivity contribution in [2.75, 3.05) is 44.6 Å². The molecule has 1 saturated heterocycles. The average molecular weight is 542 g/mol. The van der Waals surface area contributed by atoms with Gasteiger partial charge in [-0.2, -0.15) is 0 Å². The molecule has 0 saturated carbocycles. The maximum atomic E-state index is 14.4. The molecule has 0 aromatic heterocycles. The van der Waals surface area contributed by atoms with Gasteiger partial charge in [0.15, 0.2) is 0 Å². The van der Waals surface area contributed by atoms with E-state index < -0.39 is 5.41 Å². The summed E-state index contributed by atoms with van der Waals surface area (Å²) in [4.78, 5) is 16.8. The fraction of sp³-hybridized carbons (Fsp3) is 0.441. The number of fused-ring (bicyclic) bond motifs is 1. The number of piperazine rings is 1. The monoisotopic (exact) mass is 541 g/mol. The van der Waals surface area contributed by atoms with E-state index in [0.717, 1.165) is 60.7 Å². The van der Waals surface area contributed by atoms with Crippen LogP contribution in [0.3, 0.4) is 0 Å². The van der Waals surface area contributed by atoms with Crippen LogP contribution in [0.4, 0.5) is 5.69 Å². The van der Waals surface area contributed by atoms with Gasteiger partial charge in [-0.15, -0.1) is 0 Å². The lowest BCUT2D eigenvalue weighted by atomic mass is 9.67. The normalized spacial score (nSPS) is 19.8. The second kappa shape index (κ2) is 10.6. The molecule has 0 bridgehead atoms. The van der Waals surface area contributed by atoms with Crippen molar-refractivity contribution in [3.8, 4) is 11.5 Å². The second-order valence-corrected chi connectivity index (χ2v) is 13.1. The number of carbonyl (C=O) groups excluding carboxylic acids is 1. The number of aromatic hydroxyl groups is 1. The van der Waals surface area contributed by atoms with Gasteiger partial charge in [-0.3, -0.25) is 9.69 Å². The number of carbonyl (C=O) groups is 1. The summed E-state index contributed by atoms with van der Waals surface area (Å²) < 4.78 is 6.54. The molecule has 1 fully saturated rings. The summed E-state index contributed by atoms with van der Waals surface area (Å²) in [7, 11) is 0. The number of hydrogen-bond acceptors (Lipinski definition) is 5. The molecular weight excluding hydrogens is 498 g/mol. The van der Waals surface area contributed by atoms with Gasteiger partial charge in [0.1, 0.15) is 23.5 Å². The summed E-state index contributed by atoms with van der Waals surface area (Å²) in [6.07, 6.45) is 0. The lowest BCUT2D eigenvalue weighted by Gasteiger charge is -2.34. The molecule has 1 unspecified atom stereocenters. The highest BCUT2D eigenvalue weighted by Gasteiger charge is 2.53. The van der Waals surface area contributed by atoms with Crippen LogP contribution in [0.15, 0.2) is 60.7 Å². The molecule has 2 aliphatic heterocycles. The van der Waals surface area contributed by atoms with Gasteiger partial charge in [0, 0.05) is 55.1 Å². The standard InChI is InChI=1S/C34H43N3O3/c1-32(2,3)23-11-13-29(38)26(21-23)34(25-9-7-8-10-28(25)36-31(34)39)27-22-24(33(4,5)6)12-14-30(27)40-20-19-37-17-15-35-16-18-37/h7-14,21-22,35,38H,15-20H2,1-6H3,(H,36,39). The first-order valence-electron chi connectivity index (χ1n) is 14.4. The molecule has 0 aliphatic carbocycles. The number of amides is 1. The van der Waals surface area contributed by atoms with Crippen molar-refractivity contribution < 1.29 is 14.6 Å².